The van der Waals surface area contributed by atoms with Crippen LogP contribution in [-0.2, 0) is 11.3 Å². The molecular weight excluding hydrogens is 346 g/mol. The summed E-state index contributed by atoms with van der Waals surface area (Å²) < 4.78 is 1.49. The van der Waals surface area contributed by atoms with E-state index in [1.165, 1.54) is 15.1 Å². The molecule has 3 rings (SSSR count). The molecule has 8 nitrogen and oxygen atoms in total. The van der Waals surface area contributed by atoms with Crippen molar-refractivity contribution in [1.82, 2.24) is 14.7 Å². The van der Waals surface area contributed by atoms with Gasteiger partial charge in [-0.05, 0) is 20.8 Å². The van der Waals surface area contributed by atoms with Gasteiger partial charge in [-0.15, -0.1) is 0 Å². The number of benzene rings is 1. The molecule has 0 saturated carbocycles. The lowest BCUT2D eigenvalue weighted by Crippen LogP contribution is -3.13. The van der Waals surface area contributed by atoms with E-state index in [0.717, 1.165) is 19.6 Å². The standard InChI is InChI=1S/C19H25N5O3/c1-14-18(24(26)27)15(2)23(20-14)16(3)19(25)22-11-9-21(10-12-22)13-17-7-5-4-6-8-17/h4-8,16H,9-13H2,1-3H3/p+1/t16-/m0/s1. The number of aryl methyl sites for hydroxylation is 1. The Morgan fingerprint density at radius 1 is 1.26 bits per heavy atom. The molecule has 0 unspecified atom stereocenters. The van der Waals surface area contributed by atoms with E-state index in [0.29, 0.717) is 24.5 Å². The highest BCUT2D eigenvalue weighted by Crippen LogP contribution is 2.25. The van der Waals surface area contributed by atoms with Crippen molar-refractivity contribution < 1.29 is 14.6 Å². The number of nitro groups is 1. The Kier molecular flexibility index (Phi) is 5.55. The first-order chi connectivity index (χ1) is 12.9. The van der Waals surface area contributed by atoms with Crippen LogP contribution in [0.25, 0.3) is 0 Å². The van der Waals surface area contributed by atoms with Crippen LogP contribution in [-0.4, -0.2) is 51.7 Å². The molecule has 144 valence electrons. The van der Waals surface area contributed by atoms with Gasteiger partial charge in [0.25, 0.3) is 0 Å². The van der Waals surface area contributed by atoms with Gasteiger partial charge in [-0.1, -0.05) is 30.3 Å². The Hall–Kier alpha value is -2.74. The van der Waals surface area contributed by atoms with Gasteiger partial charge in [0.1, 0.15) is 24.0 Å². The van der Waals surface area contributed by atoms with Gasteiger partial charge < -0.3 is 9.80 Å². The second-order valence-electron chi connectivity index (χ2n) is 7.13. The molecule has 0 radical (unpaired) electrons. The lowest BCUT2D eigenvalue weighted by molar-refractivity contribution is -0.917. The summed E-state index contributed by atoms with van der Waals surface area (Å²) in [4.78, 5) is 27.0. The normalized spacial score (nSPS) is 16.3. The van der Waals surface area contributed by atoms with Crippen LogP contribution < -0.4 is 4.90 Å². The number of carbonyl (C=O) groups excluding carboxylic acids is 1. The molecule has 0 spiro atoms. The lowest BCUT2D eigenvalue weighted by Gasteiger charge is -2.33. The molecule has 1 aromatic heterocycles. The maximum absolute atomic E-state index is 12.9. The van der Waals surface area contributed by atoms with Gasteiger partial charge in [-0.2, -0.15) is 5.10 Å². The van der Waals surface area contributed by atoms with Gasteiger partial charge in [0.2, 0.25) is 5.91 Å². The van der Waals surface area contributed by atoms with Crippen LogP contribution in [0.15, 0.2) is 30.3 Å². The number of carbonyl (C=O) groups is 1. The first kappa shape index (κ1) is 19.0. The van der Waals surface area contributed by atoms with Crippen molar-refractivity contribution in [2.24, 2.45) is 0 Å². The summed E-state index contributed by atoms with van der Waals surface area (Å²) in [5, 5.41) is 15.4. The van der Waals surface area contributed by atoms with Crippen LogP contribution >= 0.6 is 0 Å². The van der Waals surface area contributed by atoms with Gasteiger partial charge >= 0.3 is 5.69 Å². The SMILES string of the molecule is Cc1nn([C@@H](C)C(=O)N2CC[NH+](Cc3ccccc3)CC2)c(C)c1[N+](=O)[O-]. The number of hydrogen-bond donors (Lipinski definition) is 1. The van der Waals surface area contributed by atoms with Gasteiger partial charge in [0.05, 0.1) is 31.1 Å². The molecule has 0 aliphatic carbocycles. The van der Waals surface area contributed by atoms with E-state index in [-0.39, 0.29) is 11.6 Å². The molecule has 1 atom stereocenters. The minimum absolute atomic E-state index is 0.00762. The molecule has 1 N–H and O–H groups in total. The molecule has 2 aromatic rings. The average Bonchev–Trinajstić information content (AvgIpc) is 2.96. The van der Waals surface area contributed by atoms with Crippen LogP contribution in [0.4, 0.5) is 5.69 Å². The zero-order valence-electron chi connectivity index (χ0n) is 16.0. The summed E-state index contributed by atoms with van der Waals surface area (Å²) in [5.74, 6) is -0.0331. The van der Waals surface area contributed by atoms with Crippen molar-refractivity contribution in [3.05, 3.63) is 57.4 Å². The Morgan fingerprint density at radius 3 is 2.44 bits per heavy atom. The fourth-order valence-electron chi connectivity index (χ4n) is 3.77. The van der Waals surface area contributed by atoms with Gasteiger partial charge in [0, 0.05) is 5.56 Å². The number of nitrogens with zero attached hydrogens (tertiary/aromatic N) is 4. The quantitative estimate of drug-likeness (QED) is 0.624. The van der Waals surface area contributed by atoms with Gasteiger partial charge in [0.15, 0.2) is 0 Å². The van der Waals surface area contributed by atoms with Gasteiger partial charge in [-0.3, -0.25) is 19.6 Å². The zero-order chi connectivity index (χ0) is 19.6. The molecule has 1 aliphatic rings. The summed E-state index contributed by atoms with van der Waals surface area (Å²) in [7, 11) is 0. The Morgan fingerprint density at radius 2 is 1.89 bits per heavy atom. The molecule has 8 heteroatoms. The van der Waals surface area contributed by atoms with Crippen LogP contribution in [0.3, 0.4) is 0 Å². The molecule has 1 aliphatic heterocycles. The summed E-state index contributed by atoms with van der Waals surface area (Å²) in [5.41, 5.74) is 2.06. The molecule has 0 bridgehead atoms. The summed E-state index contributed by atoms with van der Waals surface area (Å²) in [6.45, 7) is 9.12. The third-order valence-electron chi connectivity index (χ3n) is 5.27. The van der Waals surface area contributed by atoms with Crippen molar-refractivity contribution in [2.75, 3.05) is 26.2 Å². The van der Waals surface area contributed by atoms with E-state index in [1.54, 1.807) is 20.8 Å². The van der Waals surface area contributed by atoms with Crippen LogP contribution in [0.1, 0.15) is 29.9 Å². The second-order valence-corrected chi connectivity index (χ2v) is 7.13. The number of piperazine rings is 1. The Balaban J connectivity index is 1.62. The van der Waals surface area contributed by atoms with Crippen molar-refractivity contribution in [3.8, 4) is 0 Å². The highest BCUT2D eigenvalue weighted by Gasteiger charge is 2.31. The fraction of sp³-hybridized carbons (Fsp3) is 0.474. The molecule has 27 heavy (non-hydrogen) atoms. The van der Waals surface area contributed by atoms with Gasteiger partial charge in [-0.25, -0.2) is 0 Å². The largest absolute Gasteiger partial charge is 0.330 e. The number of rotatable bonds is 5. The Labute approximate surface area is 158 Å². The predicted octanol–water partition coefficient (Wildman–Crippen LogP) is 0.896. The topological polar surface area (TPSA) is 85.7 Å². The van der Waals surface area contributed by atoms with Crippen molar-refractivity contribution in [3.63, 3.8) is 0 Å². The average molecular weight is 372 g/mol. The molecule has 1 aromatic carbocycles. The van der Waals surface area contributed by atoms with E-state index < -0.39 is 11.0 Å². The monoisotopic (exact) mass is 372 g/mol. The second kappa shape index (κ2) is 7.87. The number of amides is 1. The summed E-state index contributed by atoms with van der Waals surface area (Å²) in [6.07, 6.45) is 0. The van der Waals surface area contributed by atoms with Crippen molar-refractivity contribution in [1.29, 1.82) is 0 Å². The highest BCUT2D eigenvalue weighted by atomic mass is 16.6. The van der Waals surface area contributed by atoms with E-state index in [9.17, 15) is 14.9 Å². The van der Waals surface area contributed by atoms with Crippen LogP contribution in [0.2, 0.25) is 0 Å². The minimum atomic E-state index is -0.548. The van der Waals surface area contributed by atoms with Crippen LogP contribution in [0, 0.1) is 24.0 Å². The molecular formula is C19H26N5O3+. The van der Waals surface area contributed by atoms with Crippen molar-refractivity contribution in [2.45, 2.75) is 33.4 Å². The molecule has 1 amide bonds. The number of nitrogens with one attached hydrogen (secondary N) is 1. The summed E-state index contributed by atoms with van der Waals surface area (Å²) in [6, 6.07) is 9.81. The Bertz CT molecular complexity index is 825. The minimum Gasteiger partial charge on any atom is -0.330 e. The fourth-order valence-corrected chi connectivity index (χ4v) is 3.77. The smallest absolute Gasteiger partial charge is 0.312 e. The zero-order valence-corrected chi connectivity index (χ0v) is 16.0. The number of quaternary nitrogens is 1. The van der Waals surface area contributed by atoms with E-state index in [1.807, 2.05) is 23.1 Å². The van der Waals surface area contributed by atoms with E-state index >= 15 is 0 Å². The maximum Gasteiger partial charge on any atom is 0.312 e. The van der Waals surface area contributed by atoms with E-state index in [2.05, 4.69) is 17.2 Å². The van der Waals surface area contributed by atoms with Crippen molar-refractivity contribution >= 4 is 11.6 Å². The predicted molar refractivity (Wildman–Crippen MR) is 100 cm³/mol. The third kappa shape index (κ3) is 4.00. The number of hydrogen-bond acceptors (Lipinski definition) is 4. The number of aromatic nitrogens is 2. The maximum atomic E-state index is 12.9. The van der Waals surface area contributed by atoms with E-state index in [4.69, 9.17) is 0 Å². The third-order valence-corrected chi connectivity index (χ3v) is 5.27. The lowest BCUT2D eigenvalue weighted by atomic mass is 10.2. The highest BCUT2D eigenvalue weighted by molar-refractivity contribution is 5.80. The first-order valence-corrected chi connectivity index (χ1v) is 9.25. The molecule has 2 heterocycles. The van der Waals surface area contributed by atoms with Crippen LogP contribution in [0.5, 0.6) is 0 Å². The summed E-state index contributed by atoms with van der Waals surface area (Å²) >= 11 is 0. The molecule has 1 saturated heterocycles. The first-order valence-electron chi connectivity index (χ1n) is 9.25. The molecule has 1 fully saturated rings.